The van der Waals surface area contributed by atoms with Gasteiger partial charge in [0.2, 0.25) is 0 Å². The van der Waals surface area contributed by atoms with Crippen molar-refractivity contribution in [3.05, 3.63) is 59.3 Å². The maximum atomic E-state index is 12.5. The van der Waals surface area contributed by atoms with Gasteiger partial charge in [0.15, 0.2) is 0 Å². The normalized spacial score (nSPS) is 14.7. The molecule has 1 aromatic heterocycles. The molecule has 0 radical (unpaired) electrons. The summed E-state index contributed by atoms with van der Waals surface area (Å²) in [6, 6.07) is 11.8. The maximum Gasteiger partial charge on any atom is 0.256 e. The zero-order valence-corrected chi connectivity index (χ0v) is 14.8. The van der Waals surface area contributed by atoms with E-state index in [1.807, 2.05) is 30.3 Å². The minimum absolute atomic E-state index is 0.105. The first-order valence-corrected chi connectivity index (χ1v) is 9.70. The van der Waals surface area contributed by atoms with Crippen LogP contribution in [0.5, 0.6) is 0 Å². The van der Waals surface area contributed by atoms with E-state index in [4.69, 9.17) is 0 Å². The number of thioether (sulfide) groups is 1. The van der Waals surface area contributed by atoms with E-state index in [1.54, 1.807) is 18.0 Å². The fraction of sp³-hybridized carbons (Fsp3) is 0.368. The number of pyridine rings is 1. The number of benzene rings is 1. The van der Waals surface area contributed by atoms with Crippen LogP contribution in [0.25, 0.3) is 0 Å². The Balaban J connectivity index is 1.67. The van der Waals surface area contributed by atoms with Crippen LogP contribution in [0.3, 0.4) is 0 Å². The average Bonchev–Trinajstić information content (AvgIpc) is 3.09. The summed E-state index contributed by atoms with van der Waals surface area (Å²) in [5, 5.41) is 2.90. The smallest absolute Gasteiger partial charge is 0.256 e. The zero-order chi connectivity index (χ0) is 16.8. The first kappa shape index (κ1) is 17.0. The summed E-state index contributed by atoms with van der Waals surface area (Å²) in [5.74, 6) is 1.42. The number of rotatable bonds is 6. The third kappa shape index (κ3) is 4.58. The van der Waals surface area contributed by atoms with Crippen molar-refractivity contribution in [3.63, 3.8) is 0 Å². The highest BCUT2D eigenvalue weighted by molar-refractivity contribution is 7.97. The summed E-state index contributed by atoms with van der Waals surface area (Å²) in [6.07, 6.45) is 6.35. The third-order valence-corrected chi connectivity index (χ3v) is 4.79. The number of nitrogens with one attached hydrogen (secondary N) is 1. The van der Waals surface area contributed by atoms with Crippen molar-refractivity contribution in [1.29, 1.82) is 0 Å². The summed E-state index contributed by atoms with van der Waals surface area (Å²) in [7, 11) is 0. The van der Waals surface area contributed by atoms with E-state index in [0.717, 1.165) is 31.0 Å². The minimum Gasteiger partial charge on any atom is -0.307 e. The van der Waals surface area contributed by atoms with Crippen LogP contribution in [0, 0.1) is 0 Å². The van der Waals surface area contributed by atoms with Gasteiger partial charge in [-0.1, -0.05) is 12.1 Å². The van der Waals surface area contributed by atoms with Gasteiger partial charge in [0, 0.05) is 24.1 Å². The summed E-state index contributed by atoms with van der Waals surface area (Å²) < 4.78 is 0. The van der Waals surface area contributed by atoms with Gasteiger partial charge in [0.25, 0.3) is 5.91 Å². The van der Waals surface area contributed by atoms with Crippen molar-refractivity contribution >= 4 is 23.5 Å². The van der Waals surface area contributed by atoms with Crippen molar-refractivity contribution < 1.29 is 4.79 Å². The van der Waals surface area contributed by atoms with Crippen LogP contribution in [0.1, 0.15) is 34.3 Å². The molecule has 0 bridgehead atoms. The van der Waals surface area contributed by atoms with Crippen molar-refractivity contribution in [2.24, 2.45) is 0 Å². The first-order valence-electron chi connectivity index (χ1n) is 8.31. The third-order valence-electron chi connectivity index (χ3n) is 4.17. The number of nitrogens with zero attached hydrogens (tertiary/aromatic N) is 2. The lowest BCUT2D eigenvalue weighted by molar-refractivity contribution is 0.102. The number of carbonyl (C=O) groups excluding carboxylic acids is 1. The molecule has 0 aliphatic carbocycles. The highest BCUT2D eigenvalue weighted by atomic mass is 32.2. The van der Waals surface area contributed by atoms with Gasteiger partial charge >= 0.3 is 0 Å². The molecule has 3 rings (SSSR count). The van der Waals surface area contributed by atoms with Crippen LogP contribution < -0.4 is 5.32 Å². The van der Waals surface area contributed by atoms with Gasteiger partial charge in [-0.25, -0.2) is 4.98 Å². The Hall–Kier alpha value is -1.85. The van der Waals surface area contributed by atoms with E-state index in [9.17, 15) is 4.79 Å². The number of hydrogen-bond acceptors (Lipinski definition) is 4. The highest BCUT2D eigenvalue weighted by Crippen LogP contribution is 2.16. The lowest BCUT2D eigenvalue weighted by Crippen LogP contribution is -2.19. The molecule has 1 aliphatic rings. The van der Waals surface area contributed by atoms with Gasteiger partial charge in [0.1, 0.15) is 5.82 Å². The molecular formula is C19H23N3OS. The predicted molar refractivity (Wildman–Crippen MR) is 100 cm³/mol. The Morgan fingerprint density at radius 1 is 1.21 bits per heavy atom. The van der Waals surface area contributed by atoms with Crippen LogP contribution >= 0.6 is 11.8 Å². The maximum absolute atomic E-state index is 12.5. The fourth-order valence-electron chi connectivity index (χ4n) is 3.00. The van der Waals surface area contributed by atoms with Gasteiger partial charge < -0.3 is 5.32 Å². The van der Waals surface area contributed by atoms with Crippen molar-refractivity contribution in [1.82, 2.24) is 9.88 Å². The number of likely N-dealkylation sites (tertiary alicyclic amines) is 1. The standard InChI is InChI=1S/C19H23N3OS/c1-24-14-16-7-8-20-18(12-16)21-19(23)17-6-4-5-15(11-17)13-22-9-2-3-10-22/h4-8,11-12H,2-3,9-10,13-14H2,1H3,(H,20,21,23). The molecule has 1 fully saturated rings. The van der Waals surface area contributed by atoms with Crippen LogP contribution in [0.15, 0.2) is 42.6 Å². The molecule has 2 heterocycles. The van der Waals surface area contributed by atoms with Gasteiger partial charge in [0.05, 0.1) is 0 Å². The zero-order valence-electron chi connectivity index (χ0n) is 14.0. The number of aromatic nitrogens is 1. The topological polar surface area (TPSA) is 45.2 Å². The fourth-order valence-corrected chi connectivity index (χ4v) is 3.51. The molecule has 1 amide bonds. The monoisotopic (exact) mass is 341 g/mol. The molecule has 1 N–H and O–H groups in total. The number of carbonyl (C=O) groups is 1. The van der Waals surface area contributed by atoms with Crippen LogP contribution in [0.4, 0.5) is 5.82 Å². The summed E-state index contributed by atoms with van der Waals surface area (Å²) in [5.41, 5.74) is 3.04. The SMILES string of the molecule is CSCc1ccnc(NC(=O)c2cccc(CN3CCCC3)c2)c1. The Labute approximate surface area is 147 Å². The Bertz CT molecular complexity index is 699. The summed E-state index contributed by atoms with van der Waals surface area (Å²) in [6.45, 7) is 3.23. The number of anilines is 1. The van der Waals surface area contributed by atoms with E-state index in [2.05, 4.69) is 27.5 Å². The molecule has 0 atom stereocenters. The molecule has 0 saturated carbocycles. The van der Waals surface area contributed by atoms with Crippen LogP contribution in [0.2, 0.25) is 0 Å². The van der Waals surface area contributed by atoms with Gasteiger partial charge in [-0.3, -0.25) is 9.69 Å². The Kier molecular flexibility index (Phi) is 5.88. The first-order chi connectivity index (χ1) is 11.7. The quantitative estimate of drug-likeness (QED) is 0.868. The van der Waals surface area contributed by atoms with E-state index in [1.165, 1.54) is 18.4 Å². The molecule has 2 aromatic rings. The molecular weight excluding hydrogens is 318 g/mol. The van der Waals surface area contributed by atoms with Crippen LogP contribution in [-0.2, 0) is 12.3 Å². The van der Waals surface area contributed by atoms with Crippen molar-refractivity contribution in [2.75, 3.05) is 24.7 Å². The molecule has 5 heteroatoms. The summed E-state index contributed by atoms with van der Waals surface area (Å²) >= 11 is 1.75. The number of hydrogen-bond donors (Lipinski definition) is 1. The average molecular weight is 341 g/mol. The molecule has 24 heavy (non-hydrogen) atoms. The second-order valence-electron chi connectivity index (χ2n) is 6.12. The number of amides is 1. The second kappa shape index (κ2) is 8.31. The highest BCUT2D eigenvalue weighted by Gasteiger charge is 2.13. The molecule has 0 spiro atoms. The van der Waals surface area contributed by atoms with Crippen LogP contribution in [-0.4, -0.2) is 35.1 Å². The minimum atomic E-state index is -0.105. The lowest BCUT2D eigenvalue weighted by atomic mass is 10.1. The van der Waals surface area contributed by atoms with Gasteiger partial charge in [-0.05, 0) is 67.6 Å². The van der Waals surface area contributed by atoms with Gasteiger partial charge in [-0.2, -0.15) is 11.8 Å². The van der Waals surface area contributed by atoms with E-state index >= 15 is 0 Å². The predicted octanol–water partition coefficient (Wildman–Crippen LogP) is 3.79. The summed E-state index contributed by atoms with van der Waals surface area (Å²) in [4.78, 5) is 19.2. The van der Waals surface area contributed by atoms with Gasteiger partial charge in [-0.15, -0.1) is 0 Å². The van der Waals surface area contributed by atoms with E-state index < -0.39 is 0 Å². The van der Waals surface area contributed by atoms with Crippen molar-refractivity contribution in [2.45, 2.75) is 25.1 Å². The van der Waals surface area contributed by atoms with E-state index in [0.29, 0.717) is 11.4 Å². The molecule has 0 unspecified atom stereocenters. The molecule has 4 nitrogen and oxygen atoms in total. The molecule has 1 aromatic carbocycles. The largest absolute Gasteiger partial charge is 0.307 e. The Morgan fingerprint density at radius 3 is 2.83 bits per heavy atom. The molecule has 126 valence electrons. The Morgan fingerprint density at radius 2 is 2.04 bits per heavy atom. The second-order valence-corrected chi connectivity index (χ2v) is 6.99. The molecule has 1 aliphatic heterocycles. The molecule has 1 saturated heterocycles. The lowest BCUT2D eigenvalue weighted by Gasteiger charge is -2.15. The van der Waals surface area contributed by atoms with E-state index in [-0.39, 0.29) is 5.91 Å². The van der Waals surface area contributed by atoms with Crippen molar-refractivity contribution in [3.8, 4) is 0 Å².